The minimum atomic E-state index is 0.0413. The molecule has 198 valence electrons. The average Bonchev–Trinajstić information content (AvgIpc) is 3.54. The Balaban J connectivity index is 1.19. The molecule has 0 radical (unpaired) electrons. The highest BCUT2D eigenvalue weighted by Crippen LogP contribution is 2.43. The number of likely N-dealkylation sites (tertiary alicyclic amines) is 1. The van der Waals surface area contributed by atoms with E-state index < -0.39 is 0 Å². The Hall–Kier alpha value is -2.61. The number of nitrogen functional groups attached to an aromatic ring is 1. The summed E-state index contributed by atoms with van der Waals surface area (Å²) in [5, 5.41) is 0.586. The van der Waals surface area contributed by atoms with Crippen molar-refractivity contribution < 1.29 is 23.7 Å². The Morgan fingerprint density at radius 1 is 1.22 bits per heavy atom. The van der Waals surface area contributed by atoms with Gasteiger partial charge in [-0.15, -0.1) is 0 Å². The lowest BCUT2D eigenvalue weighted by atomic mass is 9.93. The highest BCUT2D eigenvalue weighted by atomic mass is 79.9. The van der Waals surface area contributed by atoms with Crippen LogP contribution in [0.4, 0.5) is 5.82 Å². The summed E-state index contributed by atoms with van der Waals surface area (Å²) < 4.78 is 24.1. The molecule has 0 spiro atoms. The highest BCUT2D eigenvalue weighted by molar-refractivity contribution is 9.10. The number of nitrogens with zero attached hydrogens (tertiary/aromatic N) is 5. The van der Waals surface area contributed by atoms with Crippen LogP contribution in [0.15, 0.2) is 33.0 Å². The van der Waals surface area contributed by atoms with Gasteiger partial charge in [-0.25, -0.2) is 15.0 Å². The maximum Gasteiger partial charge on any atom is 0.248 e. The molecule has 13 heteroatoms. The lowest BCUT2D eigenvalue weighted by molar-refractivity contribution is -0.138. The third-order valence-electron chi connectivity index (χ3n) is 6.50. The number of aryl methyl sites for hydroxylation is 1. The Morgan fingerprint density at radius 2 is 2.00 bits per heavy atom. The van der Waals surface area contributed by atoms with Crippen molar-refractivity contribution in [3.63, 3.8) is 0 Å². The number of amides is 1. The molecule has 0 saturated carbocycles. The van der Waals surface area contributed by atoms with Crippen molar-refractivity contribution in [3.05, 3.63) is 22.9 Å². The number of rotatable bonds is 10. The number of anilines is 1. The van der Waals surface area contributed by atoms with E-state index in [9.17, 15) is 4.79 Å². The molecule has 4 heterocycles. The standard InChI is InChI=1S/C24H29BrN6O5S/c1-33-8-9-34-12-20(32)30-5-2-15(3-6-30)4-7-31-13-27-22(26)21-23(31)29-24(28-21)37-19-11-18-17(10-16(19)25)35-14-36-18/h10-11,13,15H,2-9,12,14,26H2,1H3. The number of ether oxygens (including phenoxy) is 4. The number of hydrogen-bond donors (Lipinski definition) is 1. The summed E-state index contributed by atoms with van der Waals surface area (Å²) in [6, 6.07) is 3.80. The maximum atomic E-state index is 12.3. The lowest BCUT2D eigenvalue weighted by Crippen LogP contribution is -2.40. The van der Waals surface area contributed by atoms with Crippen LogP contribution in [-0.2, 0) is 20.8 Å². The molecule has 0 atom stereocenters. The van der Waals surface area contributed by atoms with Gasteiger partial charge >= 0.3 is 0 Å². The van der Waals surface area contributed by atoms with E-state index in [1.807, 2.05) is 21.6 Å². The quantitative estimate of drug-likeness (QED) is 0.350. The van der Waals surface area contributed by atoms with Gasteiger partial charge in [0.05, 0.1) is 19.5 Å². The van der Waals surface area contributed by atoms with Crippen molar-refractivity contribution in [2.75, 3.05) is 52.5 Å². The van der Waals surface area contributed by atoms with Crippen molar-refractivity contribution in [2.24, 2.45) is 5.92 Å². The van der Waals surface area contributed by atoms with Crippen molar-refractivity contribution in [2.45, 2.75) is 35.9 Å². The predicted molar refractivity (Wildman–Crippen MR) is 140 cm³/mol. The Kier molecular flexibility index (Phi) is 8.33. The van der Waals surface area contributed by atoms with E-state index in [1.54, 1.807) is 13.4 Å². The summed E-state index contributed by atoms with van der Waals surface area (Å²) in [7, 11) is 1.61. The molecule has 4 aliphatic heterocycles. The van der Waals surface area contributed by atoms with Crippen LogP contribution < -0.4 is 15.2 Å². The zero-order chi connectivity index (χ0) is 25.8. The van der Waals surface area contributed by atoms with Gasteiger partial charge in [-0.2, -0.15) is 0 Å². The molecule has 1 saturated heterocycles. The number of halogens is 1. The van der Waals surface area contributed by atoms with Gasteiger partial charge in [0.2, 0.25) is 12.7 Å². The van der Waals surface area contributed by atoms with E-state index in [4.69, 9.17) is 29.7 Å². The van der Waals surface area contributed by atoms with Crippen molar-refractivity contribution in [3.8, 4) is 23.0 Å². The third-order valence-corrected chi connectivity index (χ3v) is 8.34. The van der Waals surface area contributed by atoms with Crippen LogP contribution in [0.25, 0.3) is 11.5 Å². The number of carbonyl (C=O) groups excluding carboxylic acids is 1. The maximum absolute atomic E-state index is 12.3. The molecule has 4 aliphatic rings. The number of nitrogens with two attached hydrogens (primary N) is 1. The second-order valence-electron chi connectivity index (χ2n) is 8.90. The molecule has 1 aromatic carbocycles. The van der Waals surface area contributed by atoms with Gasteiger partial charge in [-0.3, -0.25) is 4.79 Å². The van der Waals surface area contributed by atoms with E-state index >= 15 is 0 Å². The van der Waals surface area contributed by atoms with Crippen molar-refractivity contribution >= 4 is 39.4 Å². The van der Waals surface area contributed by atoms with Crippen LogP contribution in [0.1, 0.15) is 19.3 Å². The first-order chi connectivity index (χ1) is 18.0. The van der Waals surface area contributed by atoms with Crippen LogP contribution in [0.2, 0.25) is 0 Å². The zero-order valence-electron chi connectivity index (χ0n) is 20.5. The number of fused-ring (bicyclic) bond motifs is 2. The number of hydrogen-bond acceptors (Lipinski definition) is 10. The Bertz CT molecular complexity index is 1220. The van der Waals surface area contributed by atoms with E-state index in [0.717, 1.165) is 48.3 Å². The number of methoxy groups -OCH3 is 1. The van der Waals surface area contributed by atoms with Crippen LogP contribution in [-0.4, -0.2) is 77.1 Å². The number of carbonyl (C=O) groups is 1. The number of piperidine rings is 1. The fourth-order valence-electron chi connectivity index (χ4n) is 4.40. The van der Waals surface area contributed by atoms with Crippen LogP contribution in [0.3, 0.4) is 0 Å². The van der Waals surface area contributed by atoms with Crippen molar-refractivity contribution in [1.82, 2.24) is 24.4 Å². The number of imidazole rings is 1. The second kappa shape index (κ2) is 11.8. The normalized spacial score (nSPS) is 15.6. The second-order valence-corrected chi connectivity index (χ2v) is 10.8. The van der Waals surface area contributed by atoms with E-state index in [2.05, 4.69) is 25.9 Å². The van der Waals surface area contributed by atoms with Gasteiger partial charge in [-0.05, 0) is 65.0 Å². The summed E-state index contributed by atoms with van der Waals surface area (Å²) >= 11 is 5.01. The summed E-state index contributed by atoms with van der Waals surface area (Å²) in [4.78, 5) is 28.9. The number of aromatic nitrogens is 4. The van der Waals surface area contributed by atoms with Gasteiger partial charge in [0.25, 0.3) is 0 Å². The summed E-state index contributed by atoms with van der Waals surface area (Å²) in [5.74, 6) is 3.04. The Morgan fingerprint density at radius 3 is 2.78 bits per heavy atom. The number of benzene rings is 1. The molecular formula is C24H29BrN6O5S. The van der Waals surface area contributed by atoms with E-state index in [1.165, 1.54) is 11.8 Å². The molecule has 1 fully saturated rings. The van der Waals surface area contributed by atoms with Crippen LogP contribution >= 0.6 is 27.7 Å². The van der Waals surface area contributed by atoms with Gasteiger partial charge in [0.1, 0.15) is 6.61 Å². The molecular weight excluding hydrogens is 564 g/mol. The fourth-order valence-corrected chi connectivity index (χ4v) is 5.76. The van der Waals surface area contributed by atoms with Gasteiger partial charge in [-0.1, -0.05) is 0 Å². The van der Waals surface area contributed by atoms with Gasteiger partial charge in [0, 0.05) is 36.1 Å². The topological polar surface area (TPSA) is 127 Å². The molecule has 0 aromatic heterocycles. The first kappa shape index (κ1) is 26.0. The molecule has 0 unspecified atom stereocenters. The summed E-state index contributed by atoms with van der Waals surface area (Å²) in [6.07, 6.45) is 4.61. The minimum Gasteiger partial charge on any atom is -0.454 e. The molecule has 0 bridgehead atoms. The van der Waals surface area contributed by atoms with Crippen molar-refractivity contribution in [1.29, 1.82) is 0 Å². The molecule has 11 nitrogen and oxygen atoms in total. The minimum absolute atomic E-state index is 0.0413. The molecule has 0 aliphatic carbocycles. The smallest absolute Gasteiger partial charge is 0.248 e. The first-order valence-corrected chi connectivity index (χ1v) is 13.7. The average molecular weight is 594 g/mol. The molecule has 2 N–H and O–H groups in total. The summed E-state index contributed by atoms with van der Waals surface area (Å²) in [5.41, 5.74) is 6.73. The molecule has 1 amide bonds. The van der Waals surface area contributed by atoms with E-state index in [-0.39, 0.29) is 19.3 Å². The zero-order valence-corrected chi connectivity index (χ0v) is 22.9. The predicted octanol–water partition coefficient (Wildman–Crippen LogP) is 3.29. The largest absolute Gasteiger partial charge is 0.454 e. The Labute approximate surface area is 227 Å². The van der Waals surface area contributed by atoms with Crippen LogP contribution in [0, 0.1) is 5.92 Å². The van der Waals surface area contributed by atoms with Gasteiger partial charge in [0.15, 0.2) is 34.0 Å². The fraction of sp³-hybridized carbons (Fsp3) is 0.500. The first-order valence-electron chi connectivity index (χ1n) is 12.1. The van der Waals surface area contributed by atoms with E-state index in [0.29, 0.717) is 53.1 Å². The molecule has 1 aromatic rings. The monoisotopic (exact) mass is 592 g/mol. The third kappa shape index (κ3) is 6.11. The lowest BCUT2D eigenvalue weighted by Gasteiger charge is -2.32. The highest BCUT2D eigenvalue weighted by Gasteiger charge is 2.25. The molecule has 5 rings (SSSR count). The van der Waals surface area contributed by atoms with Crippen LogP contribution in [0.5, 0.6) is 11.5 Å². The SMILES string of the molecule is COCCOCC(=O)N1CCC(CCn2cnc(N)c3nc(Sc4cc5c(cc4Br)OCO5)nc2-3)CC1. The molecule has 37 heavy (non-hydrogen) atoms. The van der Waals surface area contributed by atoms with Gasteiger partial charge < -0.3 is 34.1 Å². The summed E-state index contributed by atoms with van der Waals surface area (Å²) in [6.45, 7) is 3.49.